The molecule has 1 aliphatic rings. The van der Waals surface area contributed by atoms with Gasteiger partial charge in [-0.1, -0.05) is 36.4 Å². The molecule has 204 valence electrons. The molecule has 0 radical (unpaired) electrons. The van der Waals surface area contributed by atoms with E-state index in [1.54, 1.807) is 16.9 Å². The van der Waals surface area contributed by atoms with E-state index in [4.69, 9.17) is 15.6 Å². The third-order valence-electron chi connectivity index (χ3n) is 7.71. The Labute approximate surface area is 229 Å². The van der Waals surface area contributed by atoms with Gasteiger partial charge in [-0.15, -0.1) is 0 Å². The third-order valence-corrected chi connectivity index (χ3v) is 7.71. The standard InChI is InChI=1S/C31H28F2N4O3/c1-18-4-2-7-28(24(18)15-29(38)39)40-17-26-25-14-19(21-5-3-6-23-22(21)11-13-35-30(23)34)8-9-27(25)37(36-26)20-10-12-31(32,33)16-20/h2-9,11,13-14,20H,10,12,15-17H2,1H3,(H2,34,35)(H,38,39). The molecule has 3 aromatic carbocycles. The molecule has 1 saturated carbocycles. The lowest BCUT2D eigenvalue weighted by molar-refractivity contribution is -0.136. The first kappa shape index (κ1) is 25.7. The second-order valence-corrected chi connectivity index (χ2v) is 10.4. The van der Waals surface area contributed by atoms with Gasteiger partial charge >= 0.3 is 5.97 Å². The van der Waals surface area contributed by atoms with Gasteiger partial charge in [0.2, 0.25) is 5.92 Å². The highest BCUT2D eigenvalue weighted by atomic mass is 19.3. The summed E-state index contributed by atoms with van der Waals surface area (Å²) in [7, 11) is 0. The number of hydrogen-bond donors (Lipinski definition) is 2. The monoisotopic (exact) mass is 542 g/mol. The molecule has 0 amide bonds. The maximum absolute atomic E-state index is 14.2. The lowest BCUT2D eigenvalue weighted by Gasteiger charge is -2.13. The van der Waals surface area contributed by atoms with Gasteiger partial charge < -0.3 is 15.6 Å². The highest BCUT2D eigenvalue weighted by molar-refractivity contribution is 6.02. The predicted octanol–water partition coefficient (Wildman–Crippen LogP) is 6.71. The van der Waals surface area contributed by atoms with Crippen LogP contribution in [0.2, 0.25) is 0 Å². The maximum Gasteiger partial charge on any atom is 0.307 e. The summed E-state index contributed by atoms with van der Waals surface area (Å²) in [6, 6.07) is 18.6. The zero-order valence-electron chi connectivity index (χ0n) is 21.9. The number of benzene rings is 3. The molecule has 0 bridgehead atoms. The normalized spacial score (nSPS) is 16.5. The number of fused-ring (bicyclic) bond motifs is 2. The summed E-state index contributed by atoms with van der Waals surface area (Å²) < 4.78 is 36.2. The molecule has 6 rings (SSSR count). The number of halogens is 2. The average Bonchev–Trinajstić information content (AvgIpc) is 3.47. The van der Waals surface area contributed by atoms with Crippen molar-refractivity contribution in [2.75, 3.05) is 5.73 Å². The molecule has 1 unspecified atom stereocenters. The van der Waals surface area contributed by atoms with Crippen LogP contribution in [-0.4, -0.2) is 31.8 Å². The number of alkyl halides is 2. The van der Waals surface area contributed by atoms with Crippen LogP contribution in [0.15, 0.2) is 66.9 Å². The Hall–Kier alpha value is -4.53. The van der Waals surface area contributed by atoms with Gasteiger partial charge in [0.15, 0.2) is 0 Å². The van der Waals surface area contributed by atoms with Gasteiger partial charge in [-0.05, 0) is 59.7 Å². The molecule has 1 atom stereocenters. The molecule has 9 heteroatoms. The first-order valence-electron chi connectivity index (χ1n) is 13.2. The molecular formula is C31H28F2N4O3. The second-order valence-electron chi connectivity index (χ2n) is 10.4. The molecule has 3 N–H and O–H groups in total. The molecule has 2 heterocycles. The Kier molecular flexibility index (Phi) is 6.37. The van der Waals surface area contributed by atoms with Crippen LogP contribution in [-0.2, 0) is 17.8 Å². The van der Waals surface area contributed by atoms with Crippen molar-refractivity contribution >= 4 is 33.5 Å². The highest BCUT2D eigenvalue weighted by Gasteiger charge is 2.41. The Morgan fingerprint density at radius 2 is 1.95 bits per heavy atom. The summed E-state index contributed by atoms with van der Waals surface area (Å²) in [6.45, 7) is 1.90. The second kappa shape index (κ2) is 9.89. The van der Waals surface area contributed by atoms with Crippen LogP contribution >= 0.6 is 0 Å². The van der Waals surface area contributed by atoms with E-state index in [0.29, 0.717) is 29.2 Å². The maximum atomic E-state index is 14.2. The molecule has 2 aromatic heterocycles. The van der Waals surface area contributed by atoms with E-state index in [2.05, 4.69) is 4.98 Å². The molecule has 5 aromatic rings. The van der Waals surface area contributed by atoms with Crippen molar-refractivity contribution in [1.29, 1.82) is 0 Å². The van der Waals surface area contributed by atoms with E-state index in [1.165, 1.54) is 0 Å². The number of aliphatic carboxylic acids is 1. The Bertz CT molecular complexity index is 1770. The number of hydrogen-bond acceptors (Lipinski definition) is 5. The van der Waals surface area contributed by atoms with Gasteiger partial charge in [-0.3, -0.25) is 9.48 Å². The number of pyridine rings is 1. The summed E-state index contributed by atoms with van der Waals surface area (Å²) in [6.07, 6.45) is 1.41. The van der Waals surface area contributed by atoms with Gasteiger partial charge in [-0.2, -0.15) is 5.10 Å². The zero-order valence-corrected chi connectivity index (χ0v) is 21.9. The fourth-order valence-electron chi connectivity index (χ4n) is 5.71. The van der Waals surface area contributed by atoms with Crippen LogP contribution in [0, 0.1) is 6.92 Å². The number of aryl methyl sites for hydroxylation is 1. The van der Waals surface area contributed by atoms with E-state index in [0.717, 1.165) is 38.4 Å². The number of nitrogens with two attached hydrogens (primary N) is 1. The first-order valence-corrected chi connectivity index (χ1v) is 13.2. The fourth-order valence-corrected chi connectivity index (χ4v) is 5.71. The number of nitrogens with zero attached hydrogens (tertiary/aromatic N) is 3. The molecule has 40 heavy (non-hydrogen) atoms. The number of ether oxygens (including phenoxy) is 1. The lowest BCUT2D eigenvalue weighted by Crippen LogP contribution is -2.13. The summed E-state index contributed by atoms with van der Waals surface area (Å²) in [5.41, 5.74) is 10.8. The van der Waals surface area contributed by atoms with Gasteiger partial charge in [0.25, 0.3) is 0 Å². The number of rotatable bonds is 7. The van der Waals surface area contributed by atoms with Crippen molar-refractivity contribution in [3.63, 3.8) is 0 Å². The molecule has 0 spiro atoms. The van der Waals surface area contributed by atoms with Crippen molar-refractivity contribution < 1.29 is 23.4 Å². The quantitative estimate of drug-likeness (QED) is 0.237. The van der Waals surface area contributed by atoms with E-state index in [9.17, 15) is 18.7 Å². The number of carbonyl (C=O) groups is 1. The van der Waals surface area contributed by atoms with E-state index >= 15 is 0 Å². The Balaban J connectivity index is 1.44. The fraction of sp³-hybridized carbons (Fsp3) is 0.258. The number of carboxylic acids is 1. The van der Waals surface area contributed by atoms with Crippen LogP contribution in [0.4, 0.5) is 14.6 Å². The zero-order chi connectivity index (χ0) is 28.0. The number of aromatic nitrogens is 3. The summed E-state index contributed by atoms with van der Waals surface area (Å²) in [5.74, 6) is -2.76. The smallest absolute Gasteiger partial charge is 0.307 e. The van der Waals surface area contributed by atoms with E-state index in [1.807, 2.05) is 61.5 Å². The highest BCUT2D eigenvalue weighted by Crippen LogP contribution is 2.43. The van der Waals surface area contributed by atoms with E-state index < -0.39 is 17.9 Å². The molecule has 1 fully saturated rings. The summed E-state index contributed by atoms with van der Waals surface area (Å²) >= 11 is 0. The third kappa shape index (κ3) is 4.72. The van der Waals surface area contributed by atoms with Crippen LogP contribution in [0.3, 0.4) is 0 Å². The van der Waals surface area contributed by atoms with Gasteiger partial charge in [0, 0.05) is 35.4 Å². The minimum atomic E-state index is -2.72. The van der Waals surface area contributed by atoms with E-state index in [-0.39, 0.29) is 25.9 Å². The van der Waals surface area contributed by atoms with Crippen LogP contribution < -0.4 is 10.5 Å². The largest absolute Gasteiger partial charge is 0.487 e. The molecule has 0 saturated heterocycles. The number of carboxylic acid groups (broad SMARTS) is 1. The Morgan fingerprint density at radius 3 is 2.73 bits per heavy atom. The average molecular weight is 543 g/mol. The summed E-state index contributed by atoms with van der Waals surface area (Å²) in [4.78, 5) is 15.7. The van der Waals surface area contributed by atoms with Crippen LogP contribution in [0.1, 0.15) is 42.1 Å². The van der Waals surface area contributed by atoms with Crippen LogP contribution in [0.5, 0.6) is 5.75 Å². The minimum Gasteiger partial charge on any atom is -0.487 e. The predicted molar refractivity (Wildman–Crippen MR) is 150 cm³/mol. The van der Waals surface area contributed by atoms with Crippen molar-refractivity contribution in [1.82, 2.24) is 14.8 Å². The van der Waals surface area contributed by atoms with Gasteiger partial charge in [0.1, 0.15) is 23.9 Å². The lowest BCUT2D eigenvalue weighted by atomic mass is 9.97. The van der Waals surface area contributed by atoms with Crippen molar-refractivity contribution in [2.45, 2.75) is 51.2 Å². The van der Waals surface area contributed by atoms with Crippen LogP contribution in [0.25, 0.3) is 32.8 Å². The van der Waals surface area contributed by atoms with Crippen molar-refractivity contribution in [3.8, 4) is 16.9 Å². The Morgan fingerprint density at radius 1 is 1.12 bits per heavy atom. The number of nitrogen functional groups attached to an aromatic ring is 1. The molecule has 0 aliphatic heterocycles. The molecular weight excluding hydrogens is 514 g/mol. The topological polar surface area (TPSA) is 103 Å². The number of anilines is 1. The van der Waals surface area contributed by atoms with Crippen molar-refractivity contribution in [3.05, 3.63) is 83.7 Å². The first-order chi connectivity index (χ1) is 19.2. The SMILES string of the molecule is Cc1cccc(OCc2nn(C3CCC(F)(F)C3)c3ccc(-c4cccc5c(N)nccc45)cc23)c1CC(=O)O. The summed E-state index contributed by atoms with van der Waals surface area (Å²) in [5, 5.41) is 16.8. The molecule has 7 nitrogen and oxygen atoms in total. The van der Waals surface area contributed by atoms with Crippen molar-refractivity contribution in [2.24, 2.45) is 0 Å². The van der Waals surface area contributed by atoms with Gasteiger partial charge in [0.05, 0.1) is 18.0 Å². The van der Waals surface area contributed by atoms with Gasteiger partial charge in [-0.25, -0.2) is 13.8 Å². The minimum absolute atomic E-state index is 0.0541. The molecule has 1 aliphatic carbocycles.